The van der Waals surface area contributed by atoms with Crippen molar-refractivity contribution in [3.63, 3.8) is 0 Å². The maximum atomic E-state index is 12.2. The van der Waals surface area contributed by atoms with E-state index < -0.39 is 11.6 Å². The number of imide groups is 1. The van der Waals surface area contributed by atoms with Crippen molar-refractivity contribution in [2.75, 3.05) is 11.9 Å². The van der Waals surface area contributed by atoms with Crippen molar-refractivity contribution in [1.82, 2.24) is 15.2 Å². The molecule has 7 nitrogen and oxygen atoms in total. The molecular formula is C21H24N4O3S. The lowest BCUT2D eigenvalue weighted by atomic mass is 10.1. The smallest absolute Gasteiger partial charge is 0.324 e. The number of anilines is 1. The molecule has 4 rings (SSSR count). The Labute approximate surface area is 173 Å². The van der Waals surface area contributed by atoms with Crippen molar-refractivity contribution in [2.24, 2.45) is 0 Å². The summed E-state index contributed by atoms with van der Waals surface area (Å²) in [6.07, 6.45) is 4.09. The van der Waals surface area contributed by atoms with Crippen LogP contribution in [-0.2, 0) is 22.4 Å². The molecule has 0 atom stereocenters. The monoisotopic (exact) mass is 412 g/mol. The van der Waals surface area contributed by atoms with Gasteiger partial charge in [0.15, 0.2) is 5.13 Å². The number of hydrogen-bond acceptors (Lipinski definition) is 5. The van der Waals surface area contributed by atoms with Gasteiger partial charge in [-0.15, -0.1) is 11.3 Å². The van der Waals surface area contributed by atoms with Crippen LogP contribution in [0.3, 0.4) is 0 Å². The number of amides is 4. The third-order valence-electron chi connectivity index (χ3n) is 5.37. The predicted octanol–water partition coefficient (Wildman–Crippen LogP) is 3.35. The number of benzene rings is 1. The molecule has 1 aliphatic carbocycles. The van der Waals surface area contributed by atoms with E-state index in [2.05, 4.69) is 33.8 Å². The molecule has 0 unspecified atom stereocenters. The van der Waals surface area contributed by atoms with E-state index in [1.54, 1.807) is 13.8 Å². The summed E-state index contributed by atoms with van der Waals surface area (Å²) in [6, 6.07) is 6.05. The van der Waals surface area contributed by atoms with Gasteiger partial charge in [0.2, 0.25) is 5.91 Å². The average molecular weight is 413 g/mol. The van der Waals surface area contributed by atoms with Gasteiger partial charge >= 0.3 is 6.03 Å². The van der Waals surface area contributed by atoms with Gasteiger partial charge in [0.1, 0.15) is 5.54 Å². The molecule has 1 aromatic heterocycles. The molecule has 0 bridgehead atoms. The molecule has 8 heteroatoms. The van der Waals surface area contributed by atoms with Gasteiger partial charge in [0.25, 0.3) is 5.91 Å². The van der Waals surface area contributed by atoms with Crippen LogP contribution in [0, 0.1) is 0 Å². The molecule has 29 heavy (non-hydrogen) atoms. The SMILES string of the molecule is CC1(C)NC(=O)N(CCCC(=O)Nc2nc(-c3ccc4c(c3)CCC4)cs2)C1=O. The summed E-state index contributed by atoms with van der Waals surface area (Å²) in [5.74, 6) is -0.437. The molecule has 1 aliphatic heterocycles. The molecule has 2 aliphatic rings. The first-order chi connectivity index (χ1) is 13.8. The Morgan fingerprint density at radius 3 is 2.83 bits per heavy atom. The number of urea groups is 1. The van der Waals surface area contributed by atoms with Crippen LogP contribution in [0.5, 0.6) is 0 Å². The Hall–Kier alpha value is -2.74. The van der Waals surface area contributed by atoms with E-state index in [4.69, 9.17) is 0 Å². The van der Waals surface area contributed by atoms with Crippen molar-refractivity contribution in [2.45, 2.75) is 51.5 Å². The Balaban J connectivity index is 1.30. The van der Waals surface area contributed by atoms with E-state index in [9.17, 15) is 14.4 Å². The van der Waals surface area contributed by atoms with Crippen LogP contribution < -0.4 is 10.6 Å². The molecule has 152 valence electrons. The minimum Gasteiger partial charge on any atom is -0.324 e. The maximum Gasteiger partial charge on any atom is 0.325 e. The highest BCUT2D eigenvalue weighted by Crippen LogP contribution is 2.30. The molecular weight excluding hydrogens is 388 g/mol. The molecule has 2 aromatic rings. The lowest BCUT2D eigenvalue weighted by Gasteiger charge is -2.15. The lowest BCUT2D eigenvalue weighted by Crippen LogP contribution is -2.40. The normalized spacial score (nSPS) is 17.4. The van der Waals surface area contributed by atoms with Gasteiger partial charge < -0.3 is 10.6 Å². The zero-order chi connectivity index (χ0) is 20.6. The zero-order valence-electron chi connectivity index (χ0n) is 16.6. The molecule has 1 saturated heterocycles. The molecule has 1 aromatic carbocycles. The Morgan fingerprint density at radius 1 is 1.28 bits per heavy atom. The molecule has 2 heterocycles. The number of rotatable bonds is 6. The molecule has 1 fully saturated rings. The fourth-order valence-corrected chi connectivity index (χ4v) is 4.53. The second-order valence-corrected chi connectivity index (χ2v) is 8.90. The predicted molar refractivity (Wildman–Crippen MR) is 112 cm³/mol. The highest BCUT2D eigenvalue weighted by atomic mass is 32.1. The first-order valence-corrected chi connectivity index (χ1v) is 10.7. The Morgan fingerprint density at radius 2 is 2.07 bits per heavy atom. The fraction of sp³-hybridized carbons (Fsp3) is 0.429. The summed E-state index contributed by atoms with van der Waals surface area (Å²) in [6.45, 7) is 3.56. The van der Waals surface area contributed by atoms with Crippen LogP contribution in [0.4, 0.5) is 9.93 Å². The third kappa shape index (κ3) is 4.03. The molecule has 0 spiro atoms. The summed E-state index contributed by atoms with van der Waals surface area (Å²) in [4.78, 5) is 41.9. The maximum absolute atomic E-state index is 12.2. The summed E-state index contributed by atoms with van der Waals surface area (Å²) in [5.41, 5.74) is 3.87. The summed E-state index contributed by atoms with van der Waals surface area (Å²) in [5, 5.41) is 7.95. The van der Waals surface area contributed by atoms with E-state index >= 15 is 0 Å². The average Bonchev–Trinajstić information content (AvgIpc) is 3.36. The van der Waals surface area contributed by atoms with Crippen LogP contribution in [0.1, 0.15) is 44.2 Å². The minimum absolute atomic E-state index is 0.175. The van der Waals surface area contributed by atoms with E-state index in [-0.39, 0.29) is 24.8 Å². The van der Waals surface area contributed by atoms with Crippen molar-refractivity contribution in [3.05, 3.63) is 34.7 Å². The van der Waals surface area contributed by atoms with Gasteiger partial charge in [-0.05, 0) is 56.7 Å². The second-order valence-electron chi connectivity index (χ2n) is 8.04. The van der Waals surface area contributed by atoms with E-state index in [0.29, 0.717) is 11.6 Å². The fourth-order valence-electron chi connectivity index (χ4n) is 3.80. The number of aryl methyl sites for hydroxylation is 2. The van der Waals surface area contributed by atoms with Crippen LogP contribution in [0.2, 0.25) is 0 Å². The lowest BCUT2D eigenvalue weighted by molar-refractivity contribution is -0.130. The number of nitrogens with one attached hydrogen (secondary N) is 2. The van der Waals surface area contributed by atoms with Crippen LogP contribution in [-0.4, -0.2) is 39.8 Å². The second kappa shape index (κ2) is 7.59. The Bertz CT molecular complexity index is 982. The first kappa shape index (κ1) is 19.6. The van der Waals surface area contributed by atoms with Gasteiger partial charge in [-0.3, -0.25) is 14.5 Å². The topological polar surface area (TPSA) is 91.4 Å². The van der Waals surface area contributed by atoms with Crippen molar-refractivity contribution in [1.29, 1.82) is 0 Å². The van der Waals surface area contributed by atoms with Crippen LogP contribution in [0.15, 0.2) is 23.6 Å². The van der Waals surface area contributed by atoms with Crippen LogP contribution >= 0.6 is 11.3 Å². The summed E-state index contributed by atoms with van der Waals surface area (Å²) >= 11 is 1.39. The number of nitrogens with zero attached hydrogens (tertiary/aromatic N) is 2. The number of carbonyl (C=O) groups is 3. The van der Waals surface area contributed by atoms with Gasteiger partial charge in [0.05, 0.1) is 5.69 Å². The van der Waals surface area contributed by atoms with E-state index in [1.165, 1.54) is 33.8 Å². The van der Waals surface area contributed by atoms with Gasteiger partial charge in [-0.25, -0.2) is 9.78 Å². The van der Waals surface area contributed by atoms with Gasteiger partial charge in [-0.2, -0.15) is 0 Å². The Kier molecular flexibility index (Phi) is 5.12. The number of fused-ring (bicyclic) bond motifs is 1. The highest BCUT2D eigenvalue weighted by Gasteiger charge is 2.43. The number of carbonyl (C=O) groups excluding carboxylic acids is 3. The summed E-state index contributed by atoms with van der Waals surface area (Å²) in [7, 11) is 0. The zero-order valence-corrected chi connectivity index (χ0v) is 17.4. The molecule has 2 N–H and O–H groups in total. The molecule has 0 radical (unpaired) electrons. The molecule has 0 saturated carbocycles. The highest BCUT2D eigenvalue weighted by molar-refractivity contribution is 7.14. The van der Waals surface area contributed by atoms with Crippen molar-refractivity contribution >= 4 is 34.3 Å². The first-order valence-electron chi connectivity index (χ1n) is 9.85. The molecule has 4 amide bonds. The van der Waals surface area contributed by atoms with Crippen molar-refractivity contribution < 1.29 is 14.4 Å². The number of aromatic nitrogens is 1. The minimum atomic E-state index is -0.881. The standard InChI is InChI=1S/C21H24N4O3S/c1-21(2)18(27)25(20(28)24-21)10-4-7-17(26)23-19-22-16(12-29-19)15-9-8-13-5-3-6-14(13)11-15/h8-9,11-12H,3-7,10H2,1-2H3,(H,24,28)(H,22,23,26). The van der Waals surface area contributed by atoms with Crippen molar-refractivity contribution in [3.8, 4) is 11.3 Å². The quantitative estimate of drug-likeness (QED) is 0.712. The van der Waals surface area contributed by atoms with Gasteiger partial charge in [-0.1, -0.05) is 12.1 Å². The number of thiazole rings is 1. The van der Waals surface area contributed by atoms with Crippen LogP contribution in [0.25, 0.3) is 11.3 Å². The third-order valence-corrected chi connectivity index (χ3v) is 6.13. The van der Waals surface area contributed by atoms with E-state index in [0.717, 1.165) is 24.1 Å². The largest absolute Gasteiger partial charge is 0.325 e. The number of hydrogen-bond donors (Lipinski definition) is 2. The van der Waals surface area contributed by atoms with E-state index in [1.807, 2.05) is 5.38 Å². The van der Waals surface area contributed by atoms with Gasteiger partial charge in [0, 0.05) is 23.9 Å². The summed E-state index contributed by atoms with van der Waals surface area (Å²) < 4.78 is 0.